The van der Waals surface area contributed by atoms with E-state index in [0.717, 1.165) is 60.7 Å². The topological polar surface area (TPSA) is 63.9 Å². The molecule has 2 aromatic heterocycles. The molecule has 0 amide bonds. The molecule has 2 aromatic carbocycles. The Morgan fingerprint density at radius 2 is 1.79 bits per heavy atom. The maximum absolute atomic E-state index is 11.7. The molecule has 198 valence electrons. The third-order valence-electron chi connectivity index (χ3n) is 8.00. The van der Waals surface area contributed by atoms with Gasteiger partial charge in [-0.15, -0.1) is 11.3 Å². The van der Waals surface area contributed by atoms with Crippen LogP contribution in [0.25, 0.3) is 21.5 Å². The summed E-state index contributed by atoms with van der Waals surface area (Å²) in [7, 11) is 2.06. The van der Waals surface area contributed by atoms with E-state index in [4.69, 9.17) is 9.47 Å². The Hall–Kier alpha value is -3.29. The summed E-state index contributed by atoms with van der Waals surface area (Å²) in [4.78, 5) is 14.5. The average molecular weight is 531 g/mol. The normalized spacial score (nSPS) is 16.7. The number of anilines is 1. The number of fused-ring (bicyclic) bond motifs is 1. The van der Waals surface area contributed by atoms with Crippen molar-refractivity contribution in [1.29, 1.82) is 0 Å². The molecular weight excluding hydrogens is 496 g/mol. The number of carboxylic acid groups (broad SMARTS) is 1. The van der Waals surface area contributed by atoms with Crippen molar-refractivity contribution in [2.24, 2.45) is 7.05 Å². The van der Waals surface area contributed by atoms with Crippen molar-refractivity contribution in [3.05, 3.63) is 70.6 Å². The molecule has 0 atom stereocenters. The molecule has 1 saturated heterocycles. The molecule has 2 aliphatic rings. The van der Waals surface area contributed by atoms with Crippen LogP contribution < -0.4 is 9.64 Å². The van der Waals surface area contributed by atoms with Crippen LogP contribution in [0.1, 0.15) is 58.8 Å². The number of aromatic carboxylic acids is 1. The number of hydrogen-bond donors (Lipinski definition) is 1. The number of aromatic nitrogens is 1. The lowest BCUT2D eigenvalue weighted by Crippen LogP contribution is -2.36. The standard InChI is InChI=1S/C31H34N2O4S/c1-32-26-19-27(31(34)35)38-30(26)28(21-7-3-2-4-8-21)29(32)22-11-13-24(14-12-22)37-20-23-9-5-6-10-25(23)33-15-17-36-18-16-33/h5-6,9-14,19,21H,2-4,7-8,15-18,20H2,1H3,(H,34,35). The molecule has 1 aliphatic heterocycles. The summed E-state index contributed by atoms with van der Waals surface area (Å²) < 4.78 is 15.1. The van der Waals surface area contributed by atoms with Gasteiger partial charge in [-0.2, -0.15) is 0 Å². The lowest BCUT2D eigenvalue weighted by atomic mass is 9.83. The monoisotopic (exact) mass is 530 g/mol. The Balaban J connectivity index is 1.27. The number of thiophene rings is 1. The van der Waals surface area contributed by atoms with Crippen LogP contribution in [0.2, 0.25) is 0 Å². The van der Waals surface area contributed by atoms with Crippen LogP contribution in [0, 0.1) is 0 Å². The van der Waals surface area contributed by atoms with Crippen LogP contribution in [0.5, 0.6) is 5.75 Å². The molecule has 7 heteroatoms. The lowest BCUT2D eigenvalue weighted by molar-refractivity contribution is 0.0702. The zero-order chi connectivity index (χ0) is 26.1. The number of morpholine rings is 1. The van der Waals surface area contributed by atoms with Gasteiger partial charge in [0.15, 0.2) is 0 Å². The summed E-state index contributed by atoms with van der Waals surface area (Å²) in [5, 5.41) is 9.62. The molecule has 3 heterocycles. The van der Waals surface area contributed by atoms with Gasteiger partial charge in [0.2, 0.25) is 0 Å². The van der Waals surface area contributed by atoms with Gasteiger partial charge >= 0.3 is 5.97 Å². The Kier molecular flexibility index (Phi) is 7.13. The highest BCUT2D eigenvalue weighted by Gasteiger charge is 2.28. The quantitative estimate of drug-likeness (QED) is 0.277. The molecule has 6 nitrogen and oxygen atoms in total. The number of hydrogen-bond acceptors (Lipinski definition) is 5. The van der Waals surface area contributed by atoms with Crippen LogP contribution in [0.4, 0.5) is 5.69 Å². The molecule has 6 rings (SSSR count). The summed E-state index contributed by atoms with van der Waals surface area (Å²) in [6, 6.07) is 18.7. The summed E-state index contributed by atoms with van der Waals surface area (Å²) in [5.41, 5.74) is 7.09. The predicted molar refractivity (Wildman–Crippen MR) is 153 cm³/mol. The second kappa shape index (κ2) is 10.8. The minimum absolute atomic E-state index is 0.412. The fourth-order valence-corrected chi connectivity index (χ4v) is 7.22. The number of carbonyl (C=O) groups is 1. The van der Waals surface area contributed by atoms with Crippen molar-refractivity contribution in [2.45, 2.75) is 44.6 Å². The fourth-order valence-electron chi connectivity index (χ4n) is 6.07. The van der Waals surface area contributed by atoms with Gasteiger partial charge in [-0.1, -0.05) is 37.5 Å². The third-order valence-corrected chi connectivity index (χ3v) is 9.14. The van der Waals surface area contributed by atoms with Crippen molar-refractivity contribution in [3.63, 3.8) is 0 Å². The molecule has 0 spiro atoms. The molecule has 1 N–H and O–H groups in total. The highest BCUT2D eigenvalue weighted by molar-refractivity contribution is 7.21. The first-order chi connectivity index (χ1) is 18.6. The van der Waals surface area contributed by atoms with Crippen molar-refractivity contribution in [3.8, 4) is 17.0 Å². The Bertz CT molecular complexity index is 1430. The van der Waals surface area contributed by atoms with E-state index in [-0.39, 0.29) is 0 Å². The molecule has 4 aromatic rings. The predicted octanol–water partition coefficient (Wildman–Crippen LogP) is 7.07. The smallest absolute Gasteiger partial charge is 0.345 e. The molecular formula is C31H34N2O4S. The lowest BCUT2D eigenvalue weighted by Gasteiger charge is -2.30. The largest absolute Gasteiger partial charge is 0.489 e. The van der Waals surface area contributed by atoms with Crippen molar-refractivity contribution < 1.29 is 19.4 Å². The van der Waals surface area contributed by atoms with E-state index in [1.165, 1.54) is 53.1 Å². The second-order valence-corrected chi connectivity index (χ2v) is 11.4. The van der Waals surface area contributed by atoms with E-state index < -0.39 is 5.97 Å². The third kappa shape index (κ3) is 4.81. The Morgan fingerprint density at radius 3 is 2.53 bits per heavy atom. The van der Waals surface area contributed by atoms with Crippen LogP contribution >= 0.6 is 11.3 Å². The number of benzene rings is 2. The molecule has 0 bridgehead atoms. The molecule has 0 unspecified atom stereocenters. The SMILES string of the molecule is Cn1c(-c2ccc(OCc3ccccc3N3CCOCC3)cc2)c(C2CCCCC2)c2sc(C(=O)O)cc21. The van der Waals surface area contributed by atoms with Crippen molar-refractivity contribution >= 4 is 33.2 Å². The van der Waals surface area contributed by atoms with Gasteiger partial charge in [0.1, 0.15) is 17.2 Å². The summed E-state index contributed by atoms with van der Waals surface area (Å²) in [6.07, 6.45) is 6.08. The van der Waals surface area contributed by atoms with Crippen molar-refractivity contribution in [1.82, 2.24) is 4.57 Å². The molecule has 2 fully saturated rings. The van der Waals surface area contributed by atoms with Crippen LogP contribution in [-0.4, -0.2) is 41.9 Å². The summed E-state index contributed by atoms with van der Waals surface area (Å²) in [6.45, 7) is 3.83. The average Bonchev–Trinajstić information content (AvgIpc) is 3.52. The first-order valence-corrected chi connectivity index (χ1v) is 14.4. The van der Waals surface area contributed by atoms with Crippen LogP contribution in [0.15, 0.2) is 54.6 Å². The first-order valence-electron chi connectivity index (χ1n) is 13.6. The number of aryl methyl sites for hydroxylation is 1. The van der Waals surface area contributed by atoms with Gasteiger partial charge in [-0.05, 0) is 66.3 Å². The number of nitrogens with zero attached hydrogens (tertiary/aromatic N) is 2. The number of carboxylic acids is 1. The van der Waals surface area contributed by atoms with E-state index in [1.54, 1.807) is 0 Å². The van der Waals surface area contributed by atoms with E-state index >= 15 is 0 Å². The van der Waals surface area contributed by atoms with E-state index in [9.17, 15) is 9.90 Å². The summed E-state index contributed by atoms with van der Waals surface area (Å²) in [5.74, 6) is 0.461. The van der Waals surface area contributed by atoms with E-state index in [1.807, 2.05) is 6.07 Å². The van der Waals surface area contributed by atoms with Crippen LogP contribution in [0.3, 0.4) is 0 Å². The number of para-hydroxylation sites is 1. The number of rotatable bonds is 7. The highest BCUT2D eigenvalue weighted by atomic mass is 32.1. The Morgan fingerprint density at radius 1 is 1.05 bits per heavy atom. The minimum atomic E-state index is -0.848. The number of ether oxygens (including phenoxy) is 2. The van der Waals surface area contributed by atoms with Gasteiger partial charge < -0.3 is 24.0 Å². The van der Waals surface area contributed by atoms with Gasteiger partial charge in [0, 0.05) is 31.4 Å². The molecule has 38 heavy (non-hydrogen) atoms. The van der Waals surface area contributed by atoms with Gasteiger partial charge in [0.25, 0.3) is 0 Å². The maximum Gasteiger partial charge on any atom is 0.345 e. The van der Waals surface area contributed by atoms with Gasteiger partial charge in [-0.25, -0.2) is 4.79 Å². The van der Waals surface area contributed by atoms with Crippen LogP contribution in [-0.2, 0) is 18.4 Å². The molecule has 1 saturated carbocycles. The fraction of sp³-hybridized carbons (Fsp3) is 0.387. The first kappa shape index (κ1) is 25.0. The minimum Gasteiger partial charge on any atom is -0.489 e. The van der Waals surface area contributed by atoms with Gasteiger partial charge in [0.05, 0.1) is 29.1 Å². The summed E-state index contributed by atoms with van der Waals surface area (Å²) >= 11 is 1.42. The molecule has 0 radical (unpaired) electrons. The maximum atomic E-state index is 11.7. The van der Waals surface area contributed by atoms with Gasteiger partial charge in [-0.3, -0.25) is 0 Å². The Labute approximate surface area is 227 Å². The van der Waals surface area contributed by atoms with E-state index in [0.29, 0.717) is 17.4 Å². The zero-order valence-corrected chi connectivity index (χ0v) is 22.6. The second-order valence-electron chi connectivity index (χ2n) is 10.3. The zero-order valence-electron chi connectivity index (χ0n) is 21.8. The molecule has 1 aliphatic carbocycles. The van der Waals surface area contributed by atoms with E-state index in [2.05, 4.69) is 65.0 Å². The van der Waals surface area contributed by atoms with Crippen molar-refractivity contribution in [2.75, 3.05) is 31.2 Å². The highest BCUT2D eigenvalue weighted by Crippen LogP contribution is 2.46.